The average Bonchev–Trinajstić information content (AvgIpc) is 2.78. The van der Waals surface area contributed by atoms with Crippen molar-refractivity contribution in [3.8, 4) is 5.75 Å². The minimum absolute atomic E-state index is 0.00389. The van der Waals surface area contributed by atoms with E-state index in [0.29, 0.717) is 23.2 Å². The van der Waals surface area contributed by atoms with Gasteiger partial charge in [-0.25, -0.2) is 8.42 Å². The summed E-state index contributed by atoms with van der Waals surface area (Å²) in [5.74, 6) is 0.178. The van der Waals surface area contributed by atoms with Crippen LogP contribution >= 0.6 is 10.7 Å². The number of nitrogens with zero attached hydrogens (tertiary/aromatic N) is 1. The summed E-state index contributed by atoms with van der Waals surface area (Å²) in [5.41, 5.74) is 0.569. The summed E-state index contributed by atoms with van der Waals surface area (Å²) in [7, 11) is 2.98. The summed E-state index contributed by atoms with van der Waals surface area (Å²) in [5, 5.41) is 3.04. The van der Waals surface area contributed by atoms with Crippen LogP contribution in [0.15, 0.2) is 29.3 Å². The molecule has 0 spiro atoms. The Bertz CT molecular complexity index is 783. The normalized spacial score (nSPS) is 11.6. The third kappa shape index (κ3) is 3.14. The van der Waals surface area contributed by atoms with Gasteiger partial charge >= 0.3 is 0 Å². The van der Waals surface area contributed by atoms with Crippen LogP contribution in [-0.4, -0.2) is 32.5 Å². The molecule has 8 heteroatoms. The lowest BCUT2D eigenvalue weighted by Crippen LogP contribution is -2.26. The lowest BCUT2D eigenvalue weighted by Gasteiger charge is -2.06. The highest BCUT2D eigenvalue weighted by Gasteiger charge is 2.22. The van der Waals surface area contributed by atoms with Crippen LogP contribution in [0.25, 0.3) is 10.9 Å². The summed E-state index contributed by atoms with van der Waals surface area (Å²) >= 11 is 0. The van der Waals surface area contributed by atoms with E-state index in [2.05, 4.69) is 5.32 Å². The van der Waals surface area contributed by atoms with Crippen molar-refractivity contribution in [2.24, 2.45) is 0 Å². The van der Waals surface area contributed by atoms with Gasteiger partial charge in [-0.3, -0.25) is 4.79 Å². The van der Waals surface area contributed by atoms with E-state index in [9.17, 15) is 13.2 Å². The number of methoxy groups -OCH3 is 1. The minimum Gasteiger partial charge on any atom is -0.496 e. The smallest absolute Gasteiger partial charge is 0.263 e. The van der Waals surface area contributed by atoms with Gasteiger partial charge in [0.05, 0.1) is 18.0 Å². The molecule has 21 heavy (non-hydrogen) atoms. The molecule has 0 saturated heterocycles. The molecule has 1 heterocycles. The number of carbonyl (C=O) groups is 1. The van der Waals surface area contributed by atoms with Gasteiger partial charge in [-0.15, -0.1) is 0 Å². The molecule has 0 radical (unpaired) electrons. The summed E-state index contributed by atoms with van der Waals surface area (Å²) in [4.78, 5) is 11.7. The van der Waals surface area contributed by atoms with Crippen molar-refractivity contribution in [3.63, 3.8) is 0 Å². The third-order valence-corrected chi connectivity index (χ3v) is 4.34. The molecule has 0 saturated carbocycles. The first-order valence-electron chi connectivity index (χ1n) is 6.25. The summed E-state index contributed by atoms with van der Waals surface area (Å²) < 4.78 is 30.2. The molecule has 1 N–H and O–H groups in total. The Labute approximate surface area is 127 Å². The first-order chi connectivity index (χ1) is 9.88. The van der Waals surface area contributed by atoms with Gasteiger partial charge in [0.25, 0.3) is 9.05 Å². The molecule has 2 rings (SSSR count). The molecule has 0 aliphatic rings. The van der Waals surface area contributed by atoms with Gasteiger partial charge in [-0.1, -0.05) is 6.07 Å². The first kappa shape index (κ1) is 15.7. The van der Waals surface area contributed by atoms with E-state index in [1.54, 1.807) is 18.2 Å². The lowest BCUT2D eigenvalue weighted by molar-refractivity contribution is -0.121. The van der Waals surface area contributed by atoms with Crippen LogP contribution in [0.3, 0.4) is 0 Å². The number of aromatic nitrogens is 1. The Morgan fingerprint density at radius 1 is 1.43 bits per heavy atom. The highest BCUT2D eigenvalue weighted by Crippen LogP contribution is 2.34. The lowest BCUT2D eigenvalue weighted by atomic mass is 10.2. The van der Waals surface area contributed by atoms with Crippen molar-refractivity contribution in [1.29, 1.82) is 0 Å². The molecule has 1 amide bonds. The van der Waals surface area contributed by atoms with Gasteiger partial charge in [-0.05, 0) is 19.1 Å². The van der Waals surface area contributed by atoms with Crippen molar-refractivity contribution in [1.82, 2.24) is 9.88 Å². The van der Waals surface area contributed by atoms with Crippen molar-refractivity contribution in [2.75, 3.05) is 13.7 Å². The van der Waals surface area contributed by atoms with Crippen LogP contribution in [0, 0.1) is 0 Å². The Morgan fingerprint density at radius 3 is 2.71 bits per heavy atom. The standard InChI is InChI=1S/C13H15ClN2O4S/c1-3-15-12(17)8-16-7-11(21(14,18)19)13-9(16)5-4-6-10(13)20-2/h4-7H,3,8H2,1-2H3,(H,15,17). The second-order valence-electron chi connectivity index (χ2n) is 4.37. The molecule has 0 unspecified atom stereocenters. The fourth-order valence-electron chi connectivity index (χ4n) is 2.18. The van der Waals surface area contributed by atoms with E-state index in [1.807, 2.05) is 6.92 Å². The van der Waals surface area contributed by atoms with E-state index >= 15 is 0 Å². The maximum Gasteiger partial charge on any atom is 0.263 e. The van der Waals surface area contributed by atoms with Crippen LogP contribution in [0.2, 0.25) is 0 Å². The quantitative estimate of drug-likeness (QED) is 0.847. The number of benzene rings is 1. The second kappa shape index (κ2) is 5.95. The Balaban J connectivity index is 2.66. The molecule has 2 aromatic rings. The molecule has 0 aliphatic carbocycles. The SMILES string of the molecule is CCNC(=O)Cn1cc(S(=O)(=O)Cl)c2c(OC)cccc21. The number of rotatable bonds is 5. The van der Waals surface area contributed by atoms with Gasteiger partial charge in [0.1, 0.15) is 17.2 Å². The number of amides is 1. The number of ether oxygens (including phenoxy) is 1. The molecule has 1 aromatic heterocycles. The number of halogens is 1. The molecule has 0 fully saturated rings. The molecule has 0 bridgehead atoms. The zero-order valence-electron chi connectivity index (χ0n) is 11.6. The number of hydrogen-bond acceptors (Lipinski definition) is 4. The van der Waals surface area contributed by atoms with Gasteiger partial charge in [0.15, 0.2) is 0 Å². The molecule has 6 nitrogen and oxygen atoms in total. The first-order valence-corrected chi connectivity index (χ1v) is 8.56. The Morgan fingerprint density at radius 2 is 2.14 bits per heavy atom. The fourth-order valence-corrected chi connectivity index (χ4v) is 3.23. The van der Waals surface area contributed by atoms with Crippen molar-refractivity contribution < 1.29 is 17.9 Å². The van der Waals surface area contributed by atoms with E-state index < -0.39 is 9.05 Å². The topological polar surface area (TPSA) is 77.4 Å². The maximum atomic E-state index is 11.7. The van der Waals surface area contributed by atoms with Crippen LogP contribution in [0.4, 0.5) is 0 Å². The fraction of sp³-hybridized carbons (Fsp3) is 0.308. The number of likely N-dealkylation sites (N-methyl/N-ethyl adjacent to an activating group) is 1. The highest BCUT2D eigenvalue weighted by atomic mass is 35.7. The second-order valence-corrected chi connectivity index (χ2v) is 6.90. The number of nitrogens with one attached hydrogen (secondary N) is 1. The summed E-state index contributed by atoms with van der Waals surface area (Å²) in [6, 6.07) is 5.08. The van der Waals surface area contributed by atoms with E-state index in [4.69, 9.17) is 15.4 Å². The number of hydrogen-bond donors (Lipinski definition) is 1. The Hall–Kier alpha value is -1.73. The van der Waals surface area contributed by atoms with Gasteiger partial charge in [-0.2, -0.15) is 0 Å². The monoisotopic (exact) mass is 330 g/mol. The Kier molecular flexibility index (Phi) is 4.43. The number of carbonyl (C=O) groups excluding carboxylic acids is 1. The average molecular weight is 331 g/mol. The van der Waals surface area contributed by atoms with Gasteiger partial charge in [0.2, 0.25) is 5.91 Å². The van der Waals surface area contributed by atoms with Crippen LogP contribution < -0.4 is 10.1 Å². The van der Waals surface area contributed by atoms with E-state index in [-0.39, 0.29) is 17.3 Å². The van der Waals surface area contributed by atoms with Crippen LogP contribution in [-0.2, 0) is 20.4 Å². The van der Waals surface area contributed by atoms with E-state index in [1.165, 1.54) is 17.9 Å². The van der Waals surface area contributed by atoms with Crippen LogP contribution in [0.1, 0.15) is 6.92 Å². The highest BCUT2D eigenvalue weighted by molar-refractivity contribution is 8.14. The largest absolute Gasteiger partial charge is 0.496 e. The zero-order chi connectivity index (χ0) is 15.6. The predicted molar refractivity (Wildman–Crippen MR) is 80.2 cm³/mol. The summed E-state index contributed by atoms with van der Waals surface area (Å²) in [6.07, 6.45) is 1.35. The van der Waals surface area contributed by atoms with Gasteiger partial charge < -0.3 is 14.6 Å². The predicted octanol–water partition coefficient (Wildman–Crippen LogP) is 1.71. The van der Waals surface area contributed by atoms with E-state index in [0.717, 1.165) is 0 Å². The molecule has 0 aliphatic heterocycles. The van der Waals surface area contributed by atoms with Gasteiger partial charge in [0, 0.05) is 23.4 Å². The summed E-state index contributed by atoms with van der Waals surface area (Å²) in [6.45, 7) is 2.31. The number of fused-ring (bicyclic) bond motifs is 1. The minimum atomic E-state index is -3.95. The molecule has 0 atom stereocenters. The maximum absolute atomic E-state index is 11.7. The zero-order valence-corrected chi connectivity index (χ0v) is 13.2. The van der Waals surface area contributed by atoms with Crippen molar-refractivity contribution in [3.05, 3.63) is 24.4 Å². The molecule has 1 aromatic carbocycles. The van der Waals surface area contributed by atoms with Crippen LogP contribution in [0.5, 0.6) is 5.75 Å². The molecular formula is C13H15ClN2O4S. The molecular weight excluding hydrogens is 316 g/mol. The third-order valence-electron chi connectivity index (χ3n) is 3.00. The van der Waals surface area contributed by atoms with Crippen molar-refractivity contribution in [2.45, 2.75) is 18.4 Å². The molecule has 114 valence electrons. The van der Waals surface area contributed by atoms with Crippen molar-refractivity contribution >= 4 is 36.5 Å².